The van der Waals surface area contributed by atoms with Crippen LogP contribution in [0.4, 0.5) is 5.82 Å². The molecule has 1 N–H and O–H groups in total. The summed E-state index contributed by atoms with van der Waals surface area (Å²) in [6, 6.07) is 19.6. The second kappa shape index (κ2) is 10.5. The molecular weight excluding hydrogens is 436 g/mol. The number of carbonyl (C=O) groups is 1. The molecule has 4 rings (SSSR count). The van der Waals surface area contributed by atoms with Gasteiger partial charge in [-0.25, -0.2) is 9.97 Å². The van der Waals surface area contributed by atoms with Crippen molar-refractivity contribution in [2.24, 2.45) is 0 Å². The molecule has 2 aromatic carbocycles. The number of furan rings is 1. The lowest BCUT2D eigenvalue weighted by molar-refractivity contribution is -0.121. The average molecular weight is 463 g/mol. The lowest BCUT2D eigenvalue weighted by atomic mass is 10.1. The van der Waals surface area contributed by atoms with E-state index in [1.165, 1.54) is 0 Å². The van der Waals surface area contributed by atoms with Crippen molar-refractivity contribution in [2.45, 2.75) is 39.3 Å². The zero-order valence-corrected chi connectivity index (χ0v) is 19.5. The second-order valence-corrected chi connectivity index (χ2v) is 8.30. The van der Waals surface area contributed by atoms with E-state index in [1.807, 2.05) is 55.5 Å². The van der Waals surface area contributed by atoms with E-state index in [-0.39, 0.29) is 11.9 Å². The van der Waals surface area contributed by atoms with Crippen LogP contribution in [0.2, 0.25) is 5.02 Å². The monoisotopic (exact) mass is 462 g/mol. The molecule has 4 aromatic rings. The van der Waals surface area contributed by atoms with Crippen LogP contribution in [0, 0.1) is 0 Å². The van der Waals surface area contributed by atoms with Crippen molar-refractivity contribution < 1.29 is 9.21 Å². The molecule has 0 spiro atoms. The summed E-state index contributed by atoms with van der Waals surface area (Å²) in [7, 11) is 0. The van der Waals surface area contributed by atoms with E-state index in [0.717, 1.165) is 33.9 Å². The highest BCUT2D eigenvalue weighted by molar-refractivity contribution is 6.31. The first kappa shape index (κ1) is 22.8. The van der Waals surface area contributed by atoms with Crippen molar-refractivity contribution in [3.63, 3.8) is 0 Å². The standard InChI is InChI=1S/C26H27ClN4O2/c1-3-24-29-23-16-20(27)11-12-22(23)26(30-24)31(18(2)19-8-5-4-6-9-19)14-13-25(32)28-17-21-10-7-15-33-21/h4-12,15-16,18H,3,13-14,17H2,1-2H3,(H,28,32). The Hall–Kier alpha value is -3.38. The third-order valence-electron chi connectivity index (χ3n) is 5.64. The summed E-state index contributed by atoms with van der Waals surface area (Å²) in [6.45, 7) is 5.03. The predicted octanol–water partition coefficient (Wildman–Crippen LogP) is 5.71. The number of halogens is 1. The number of benzene rings is 2. The predicted molar refractivity (Wildman–Crippen MR) is 131 cm³/mol. The summed E-state index contributed by atoms with van der Waals surface area (Å²) >= 11 is 6.25. The number of hydrogen-bond acceptors (Lipinski definition) is 5. The molecule has 6 nitrogen and oxygen atoms in total. The molecule has 0 aliphatic heterocycles. The highest BCUT2D eigenvalue weighted by atomic mass is 35.5. The van der Waals surface area contributed by atoms with Crippen LogP contribution in [-0.4, -0.2) is 22.4 Å². The summed E-state index contributed by atoms with van der Waals surface area (Å²) < 4.78 is 5.31. The Kier molecular flexibility index (Phi) is 7.25. The molecule has 0 saturated carbocycles. The molecule has 1 unspecified atom stereocenters. The van der Waals surface area contributed by atoms with Crippen molar-refractivity contribution in [2.75, 3.05) is 11.4 Å². The van der Waals surface area contributed by atoms with E-state index in [2.05, 4.69) is 34.3 Å². The van der Waals surface area contributed by atoms with Gasteiger partial charge >= 0.3 is 0 Å². The lowest BCUT2D eigenvalue weighted by Gasteiger charge is -2.31. The van der Waals surface area contributed by atoms with Gasteiger partial charge in [0.05, 0.1) is 24.4 Å². The van der Waals surface area contributed by atoms with E-state index < -0.39 is 0 Å². The van der Waals surface area contributed by atoms with Crippen LogP contribution in [0.1, 0.15) is 43.5 Å². The molecule has 0 radical (unpaired) electrons. The first-order valence-electron chi connectivity index (χ1n) is 11.1. The number of nitrogens with zero attached hydrogens (tertiary/aromatic N) is 3. The van der Waals surface area contributed by atoms with E-state index in [1.54, 1.807) is 6.26 Å². The number of hydrogen-bond donors (Lipinski definition) is 1. The summed E-state index contributed by atoms with van der Waals surface area (Å²) in [5.74, 6) is 2.23. The number of fused-ring (bicyclic) bond motifs is 1. The molecule has 2 heterocycles. The fourth-order valence-corrected chi connectivity index (χ4v) is 3.98. The fourth-order valence-electron chi connectivity index (χ4n) is 3.81. The van der Waals surface area contributed by atoms with Crippen LogP contribution in [0.3, 0.4) is 0 Å². The minimum absolute atomic E-state index is 0.00237. The van der Waals surface area contributed by atoms with E-state index in [9.17, 15) is 4.79 Å². The van der Waals surface area contributed by atoms with Gasteiger partial charge in [0.2, 0.25) is 5.91 Å². The van der Waals surface area contributed by atoms with Crippen LogP contribution in [0.25, 0.3) is 10.9 Å². The summed E-state index contributed by atoms with van der Waals surface area (Å²) in [4.78, 5) is 24.4. The first-order valence-corrected chi connectivity index (χ1v) is 11.5. The lowest BCUT2D eigenvalue weighted by Crippen LogP contribution is -2.33. The number of aromatic nitrogens is 2. The molecule has 0 bridgehead atoms. The zero-order valence-electron chi connectivity index (χ0n) is 18.8. The Morgan fingerprint density at radius 3 is 2.67 bits per heavy atom. The number of carbonyl (C=O) groups excluding carboxylic acids is 1. The molecule has 0 aliphatic carbocycles. The van der Waals surface area contributed by atoms with Crippen molar-refractivity contribution in [3.05, 3.63) is 89.1 Å². The first-order chi connectivity index (χ1) is 16.0. The summed E-state index contributed by atoms with van der Waals surface area (Å²) in [5, 5.41) is 4.47. The minimum atomic E-state index is -0.0474. The van der Waals surface area contributed by atoms with Crippen LogP contribution in [0.5, 0.6) is 0 Å². The number of aryl methyl sites for hydroxylation is 1. The quantitative estimate of drug-likeness (QED) is 0.345. The Bertz CT molecular complexity index is 1210. The van der Waals surface area contributed by atoms with Gasteiger partial charge in [0.15, 0.2) is 0 Å². The summed E-state index contributed by atoms with van der Waals surface area (Å²) in [5.41, 5.74) is 1.95. The minimum Gasteiger partial charge on any atom is -0.467 e. The molecule has 0 fully saturated rings. The molecule has 0 saturated heterocycles. The zero-order chi connectivity index (χ0) is 23.2. The van der Waals surface area contributed by atoms with Gasteiger partial charge in [-0.2, -0.15) is 0 Å². The number of rotatable bonds is 9. The molecule has 33 heavy (non-hydrogen) atoms. The van der Waals surface area contributed by atoms with Crippen LogP contribution >= 0.6 is 11.6 Å². The van der Waals surface area contributed by atoms with Gasteiger partial charge in [0, 0.05) is 29.8 Å². The maximum atomic E-state index is 12.6. The van der Waals surface area contributed by atoms with Crippen molar-refractivity contribution in [1.29, 1.82) is 0 Å². The molecule has 0 aliphatic rings. The van der Waals surface area contributed by atoms with Crippen molar-refractivity contribution in [1.82, 2.24) is 15.3 Å². The smallest absolute Gasteiger partial charge is 0.222 e. The Balaban J connectivity index is 1.65. The van der Waals surface area contributed by atoms with Gasteiger partial charge in [0.25, 0.3) is 0 Å². The highest BCUT2D eigenvalue weighted by Crippen LogP contribution is 2.32. The van der Waals surface area contributed by atoms with Gasteiger partial charge in [-0.3, -0.25) is 4.79 Å². The maximum Gasteiger partial charge on any atom is 0.222 e. The number of anilines is 1. The van der Waals surface area contributed by atoms with E-state index in [0.29, 0.717) is 31.0 Å². The van der Waals surface area contributed by atoms with E-state index in [4.69, 9.17) is 21.0 Å². The molecule has 170 valence electrons. The Morgan fingerprint density at radius 2 is 1.94 bits per heavy atom. The number of nitrogens with one attached hydrogen (secondary N) is 1. The Morgan fingerprint density at radius 1 is 1.12 bits per heavy atom. The normalized spacial score (nSPS) is 12.0. The Labute approximate surface area is 198 Å². The largest absolute Gasteiger partial charge is 0.467 e. The van der Waals surface area contributed by atoms with Gasteiger partial charge < -0.3 is 14.6 Å². The molecule has 1 atom stereocenters. The summed E-state index contributed by atoms with van der Waals surface area (Å²) in [6.07, 6.45) is 2.62. The SMILES string of the molecule is CCc1nc(N(CCC(=O)NCc2ccco2)C(C)c2ccccc2)c2ccc(Cl)cc2n1. The van der Waals surface area contributed by atoms with Crippen molar-refractivity contribution >= 4 is 34.2 Å². The molecule has 7 heteroatoms. The number of amides is 1. The fraction of sp³-hybridized carbons (Fsp3) is 0.269. The second-order valence-electron chi connectivity index (χ2n) is 7.86. The average Bonchev–Trinajstić information content (AvgIpc) is 3.36. The van der Waals surface area contributed by atoms with Gasteiger partial charge in [0.1, 0.15) is 17.4 Å². The van der Waals surface area contributed by atoms with Crippen LogP contribution in [0.15, 0.2) is 71.3 Å². The van der Waals surface area contributed by atoms with Gasteiger partial charge in [-0.15, -0.1) is 0 Å². The maximum absolute atomic E-state index is 12.6. The third kappa shape index (κ3) is 5.52. The van der Waals surface area contributed by atoms with Gasteiger partial charge in [-0.05, 0) is 42.8 Å². The topological polar surface area (TPSA) is 71.3 Å². The van der Waals surface area contributed by atoms with Crippen molar-refractivity contribution in [3.8, 4) is 0 Å². The van der Waals surface area contributed by atoms with E-state index >= 15 is 0 Å². The third-order valence-corrected chi connectivity index (χ3v) is 5.88. The molecule has 1 amide bonds. The van der Waals surface area contributed by atoms with Crippen LogP contribution < -0.4 is 10.2 Å². The highest BCUT2D eigenvalue weighted by Gasteiger charge is 2.22. The molecule has 2 aromatic heterocycles. The van der Waals surface area contributed by atoms with Gasteiger partial charge in [-0.1, -0.05) is 48.9 Å². The van der Waals surface area contributed by atoms with Crippen LogP contribution in [-0.2, 0) is 17.8 Å². The molecular formula is C26H27ClN4O2.